The SMILES string of the molecule is CC1(C)CC(NC(=O)[C@@]23CC[C@@](C)(C(=O)[C@@H]2Br)C3(C)C)CC(C)(C)N1. The number of ketones is 1. The highest BCUT2D eigenvalue weighted by Crippen LogP contribution is 2.72. The lowest BCUT2D eigenvalue weighted by Gasteiger charge is -2.48. The van der Waals surface area contributed by atoms with Crippen LogP contribution in [0.15, 0.2) is 0 Å². The summed E-state index contributed by atoms with van der Waals surface area (Å²) in [5.41, 5.74) is -1.43. The van der Waals surface area contributed by atoms with E-state index in [0.29, 0.717) is 0 Å². The molecule has 1 aliphatic heterocycles. The Balaban J connectivity index is 1.88. The third kappa shape index (κ3) is 2.48. The summed E-state index contributed by atoms with van der Waals surface area (Å²) in [6.07, 6.45) is 3.38. The molecule has 0 unspecified atom stereocenters. The Morgan fingerprint density at radius 2 is 1.56 bits per heavy atom. The summed E-state index contributed by atoms with van der Waals surface area (Å²) in [6.45, 7) is 15.0. The van der Waals surface area contributed by atoms with E-state index >= 15 is 0 Å². The maximum atomic E-state index is 13.5. The Kier molecular flexibility index (Phi) is 4.11. The van der Waals surface area contributed by atoms with Crippen molar-refractivity contribution in [3.63, 3.8) is 0 Å². The molecule has 0 radical (unpaired) electrons. The fourth-order valence-corrected chi connectivity index (χ4v) is 7.71. The number of nitrogens with one attached hydrogen (secondary N) is 2. The Bertz CT molecular complexity index is 611. The Morgan fingerprint density at radius 1 is 1.04 bits per heavy atom. The van der Waals surface area contributed by atoms with Gasteiger partial charge in [0.15, 0.2) is 5.78 Å². The zero-order valence-electron chi connectivity index (χ0n) is 16.7. The van der Waals surface area contributed by atoms with Gasteiger partial charge in [0.2, 0.25) is 5.91 Å². The predicted octanol–water partition coefficient (Wildman–Crippen LogP) is 3.57. The standard InChI is InChI=1S/C20H33BrN2O2/c1-16(2)10-12(11-17(3,4)23-16)22-15(25)20-9-8-19(7,18(20,5)6)14(24)13(20)21/h12-13,23H,8-11H2,1-7H3,(H,22,25)/t13-,19-,20+/m0/s1. The molecular weight excluding hydrogens is 380 g/mol. The van der Waals surface area contributed by atoms with E-state index in [1.807, 2.05) is 6.92 Å². The number of Topliss-reactive ketones (excluding diaryl/α,β-unsaturated/α-hetero) is 1. The van der Waals surface area contributed by atoms with Crippen molar-refractivity contribution >= 4 is 27.6 Å². The summed E-state index contributed by atoms with van der Waals surface area (Å²) < 4.78 is 0. The van der Waals surface area contributed by atoms with Gasteiger partial charge in [-0.3, -0.25) is 9.59 Å². The fraction of sp³-hybridized carbons (Fsp3) is 0.900. The van der Waals surface area contributed by atoms with E-state index in [0.717, 1.165) is 25.7 Å². The first kappa shape index (κ1) is 19.3. The van der Waals surface area contributed by atoms with E-state index in [2.05, 4.69) is 68.1 Å². The molecule has 4 nitrogen and oxygen atoms in total. The lowest BCUT2D eigenvalue weighted by molar-refractivity contribution is -0.137. The molecule has 1 heterocycles. The van der Waals surface area contributed by atoms with Crippen molar-refractivity contribution in [1.82, 2.24) is 10.6 Å². The summed E-state index contributed by atoms with van der Waals surface area (Å²) in [5, 5.41) is 7.01. The topological polar surface area (TPSA) is 58.2 Å². The third-order valence-corrected chi connectivity index (χ3v) is 8.85. The molecule has 2 N–H and O–H groups in total. The molecule has 2 saturated carbocycles. The minimum Gasteiger partial charge on any atom is -0.353 e. The van der Waals surface area contributed by atoms with Gasteiger partial charge in [-0.2, -0.15) is 0 Å². The molecule has 0 aromatic heterocycles. The number of alkyl halides is 1. The second-order valence-corrected chi connectivity index (χ2v) is 11.5. The molecule has 3 atom stereocenters. The van der Waals surface area contributed by atoms with Crippen LogP contribution in [0.2, 0.25) is 0 Å². The van der Waals surface area contributed by atoms with Gasteiger partial charge in [-0.05, 0) is 58.8 Å². The summed E-state index contributed by atoms with van der Waals surface area (Å²) in [4.78, 5) is 26.0. The monoisotopic (exact) mass is 412 g/mol. The van der Waals surface area contributed by atoms with Gasteiger partial charge in [0.1, 0.15) is 0 Å². The smallest absolute Gasteiger partial charge is 0.228 e. The first-order valence-electron chi connectivity index (χ1n) is 9.47. The largest absolute Gasteiger partial charge is 0.353 e. The molecule has 3 aliphatic rings. The Morgan fingerprint density at radius 3 is 2.00 bits per heavy atom. The van der Waals surface area contributed by atoms with Crippen molar-refractivity contribution in [3.8, 4) is 0 Å². The second-order valence-electron chi connectivity index (χ2n) is 10.6. The predicted molar refractivity (Wildman–Crippen MR) is 104 cm³/mol. The average Bonchev–Trinajstić information content (AvgIpc) is 2.67. The maximum Gasteiger partial charge on any atom is 0.228 e. The van der Waals surface area contributed by atoms with Gasteiger partial charge in [0.05, 0.1) is 10.2 Å². The highest BCUT2D eigenvalue weighted by molar-refractivity contribution is 9.10. The van der Waals surface area contributed by atoms with E-state index in [9.17, 15) is 9.59 Å². The molecule has 0 aromatic rings. The van der Waals surface area contributed by atoms with Crippen LogP contribution in [0.3, 0.4) is 0 Å². The molecule has 142 valence electrons. The van der Waals surface area contributed by atoms with E-state index < -0.39 is 10.8 Å². The van der Waals surface area contributed by atoms with Crippen LogP contribution >= 0.6 is 15.9 Å². The fourth-order valence-electron chi connectivity index (χ4n) is 6.19. The number of hydrogen-bond acceptors (Lipinski definition) is 3. The highest BCUT2D eigenvalue weighted by atomic mass is 79.9. The minimum atomic E-state index is -0.641. The molecule has 1 saturated heterocycles. The van der Waals surface area contributed by atoms with Gasteiger partial charge < -0.3 is 10.6 Å². The van der Waals surface area contributed by atoms with Crippen molar-refractivity contribution in [2.75, 3.05) is 0 Å². The van der Waals surface area contributed by atoms with Gasteiger partial charge in [0.25, 0.3) is 0 Å². The zero-order valence-corrected chi connectivity index (χ0v) is 18.3. The number of fused-ring (bicyclic) bond motifs is 2. The number of amides is 1. The highest BCUT2D eigenvalue weighted by Gasteiger charge is 2.76. The van der Waals surface area contributed by atoms with E-state index in [-0.39, 0.29) is 39.1 Å². The number of rotatable bonds is 2. The van der Waals surface area contributed by atoms with Crippen LogP contribution in [0.5, 0.6) is 0 Å². The van der Waals surface area contributed by atoms with Crippen molar-refractivity contribution in [2.45, 2.75) is 96.1 Å². The van der Waals surface area contributed by atoms with Crippen molar-refractivity contribution in [2.24, 2.45) is 16.2 Å². The Hall–Kier alpha value is -0.420. The van der Waals surface area contributed by atoms with Gasteiger partial charge in [0, 0.05) is 22.5 Å². The normalized spacial score (nSPS) is 41.8. The van der Waals surface area contributed by atoms with E-state index in [1.165, 1.54) is 0 Å². The molecule has 0 aromatic carbocycles. The molecular formula is C20H33BrN2O2. The summed E-state index contributed by atoms with van der Waals surface area (Å²) >= 11 is 3.62. The van der Waals surface area contributed by atoms with Crippen molar-refractivity contribution < 1.29 is 9.59 Å². The van der Waals surface area contributed by atoms with Gasteiger partial charge in [-0.25, -0.2) is 0 Å². The summed E-state index contributed by atoms with van der Waals surface area (Å²) in [7, 11) is 0. The van der Waals surface area contributed by atoms with Crippen LogP contribution in [-0.4, -0.2) is 33.6 Å². The number of carbonyl (C=O) groups is 2. The van der Waals surface area contributed by atoms with Crippen LogP contribution in [0, 0.1) is 16.2 Å². The molecule has 0 spiro atoms. The first-order valence-corrected chi connectivity index (χ1v) is 10.4. The number of hydrogen-bond donors (Lipinski definition) is 2. The van der Waals surface area contributed by atoms with Gasteiger partial charge >= 0.3 is 0 Å². The van der Waals surface area contributed by atoms with Gasteiger partial charge in [-0.1, -0.05) is 36.7 Å². The lowest BCUT2D eigenvalue weighted by atomic mass is 9.64. The van der Waals surface area contributed by atoms with Crippen molar-refractivity contribution in [1.29, 1.82) is 0 Å². The molecule has 3 rings (SSSR count). The van der Waals surface area contributed by atoms with Crippen LogP contribution in [0.1, 0.15) is 74.1 Å². The lowest BCUT2D eigenvalue weighted by Crippen LogP contribution is -2.63. The van der Waals surface area contributed by atoms with Crippen LogP contribution in [0.25, 0.3) is 0 Å². The summed E-state index contributed by atoms with van der Waals surface area (Å²) in [6, 6.07) is 0.131. The minimum absolute atomic E-state index is 0.0175. The van der Waals surface area contributed by atoms with Crippen LogP contribution in [0.4, 0.5) is 0 Å². The molecule has 3 fully saturated rings. The van der Waals surface area contributed by atoms with Crippen LogP contribution in [-0.2, 0) is 9.59 Å². The van der Waals surface area contributed by atoms with Crippen LogP contribution < -0.4 is 10.6 Å². The molecule has 25 heavy (non-hydrogen) atoms. The zero-order chi connectivity index (χ0) is 19.1. The summed E-state index contributed by atoms with van der Waals surface area (Å²) in [5.74, 6) is 0.261. The molecule has 2 aliphatic carbocycles. The number of halogens is 1. The quantitative estimate of drug-likeness (QED) is 0.681. The molecule has 1 amide bonds. The van der Waals surface area contributed by atoms with Crippen molar-refractivity contribution in [3.05, 3.63) is 0 Å². The molecule has 5 heteroatoms. The van der Waals surface area contributed by atoms with E-state index in [1.54, 1.807) is 0 Å². The maximum absolute atomic E-state index is 13.5. The first-order chi connectivity index (χ1) is 11.2. The van der Waals surface area contributed by atoms with E-state index in [4.69, 9.17) is 0 Å². The van der Waals surface area contributed by atoms with Gasteiger partial charge in [-0.15, -0.1) is 0 Å². The number of piperidine rings is 1. The third-order valence-electron chi connectivity index (χ3n) is 7.65. The Labute approximate surface area is 160 Å². The second kappa shape index (κ2) is 5.31. The number of carbonyl (C=O) groups excluding carboxylic acids is 2. The molecule has 2 bridgehead atoms. The average molecular weight is 413 g/mol.